The van der Waals surface area contributed by atoms with Gasteiger partial charge in [-0.25, -0.2) is 0 Å². The van der Waals surface area contributed by atoms with Crippen LogP contribution in [0.5, 0.6) is 0 Å². The van der Waals surface area contributed by atoms with Gasteiger partial charge in [-0.05, 0) is 0 Å². The van der Waals surface area contributed by atoms with E-state index in [9.17, 15) is 4.79 Å². The zero-order chi connectivity index (χ0) is 14.8. The van der Waals surface area contributed by atoms with Crippen molar-refractivity contribution in [3.8, 4) is 0 Å². The average Bonchev–Trinajstić information content (AvgIpc) is 2.89. The highest BCUT2D eigenvalue weighted by Crippen LogP contribution is 2.10. The van der Waals surface area contributed by atoms with E-state index in [1.165, 1.54) is 0 Å². The van der Waals surface area contributed by atoms with Crippen molar-refractivity contribution in [1.82, 2.24) is 20.8 Å². The van der Waals surface area contributed by atoms with Crippen LogP contribution in [0.1, 0.15) is 37.9 Å². The quantitative estimate of drug-likeness (QED) is 0.607. The predicted octanol–water partition coefficient (Wildman–Crippen LogP) is 0.478. The largest absolute Gasteiger partial charge is 0.383 e. The highest BCUT2D eigenvalue weighted by Gasteiger charge is 2.10. The Hall–Kier alpha value is -1.47. The summed E-state index contributed by atoms with van der Waals surface area (Å²) in [6.07, 6.45) is 0.834. The van der Waals surface area contributed by atoms with Crippen LogP contribution < -0.4 is 10.6 Å². The molecule has 1 rings (SSSR count). The van der Waals surface area contributed by atoms with Gasteiger partial charge in [-0.1, -0.05) is 19.0 Å². The average molecular weight is 284 g/mol. The number of hydrogen-bond acceptors (Lipinski definition) is 6. The van der Waals surface area contributed by atoms with Crippen LogP contribution in [-0.2, 0) is 16.0 Å². The van der Waals surface area contributed by atoms with Crippen molar-refractivity contribution in [3.63, 3.8) is 0 Å². The topological polar surface area (TPSA) is 89.3 Å². The molecule has 0 unspecified atom stereocenters. The van der Waals surface area contributed by atoms with Crippen LogP contribution in [0, 0.1) is 0 Å². The lowest BCUT2D eigenvalue weighted by Gasteiger charge is -2.05. The second-order valence-corrected chi connectivity index (χ2v) is 4.79. The zero-order valence-corrected chi connectivity index (χ0v) is 12.4. The Morgan fingerprint density at radius 2 is 2.15 bits per heavy atom. The molecule has 2 N–H and O–H groups in total. The fourth-order valence-corrected chi connectivity index (χ4v) is 1.50. The molecule has 7 heteroatoms. The second kappa shape index (κ2) is 9.44. The smallest absolute Gasteiger partial charge is 0.227 e. The molecule has 0 bridgehead atoms. The molecule has 7 nitrogen and oxygen atoms in total. The van der Waals surface area contributed by atoms with Crippen molar-refractivity contribution < 1.29 is 14.1 Å². The van der Waals surface area contributed by atoms with E-state index in [4.69, 9.17) is 9.26 Å². The highest BCUT2D eigenvalue weighted by molar-refractivity contribution is 5.75. The molecule has 114 valence electrons. The van der Waals surface area contributed by atoms with Gasteiger partial charge in [-0.2, -0.15) is 4.98 Å². The van der Waals surface area contributed by atoms with Crippen molar-refractivity contribution in [2.75, 3.05) is 33.4 Å². The molecule has 0 radical (unpaired) electrons. The SMILES string of the molecule is COCCNCCNC(=O)CCc1nc(C(C)C)no1. The molecule has 0 atom stereocenters. The Morgan fingerprint density at radius 3 is 2.80 bits per heavy atom. The third-order valence-electron chi connectivity index (χ3n) is 2.67. The molecule has 1 aromatic rings. The molecule has 0 aliphatic carbocycles. The molecule has 0 aliphatic heterocycles. The maximum Gasteiger partial charge on any atom is 0.227 e. The van der Waals surface area contributed by atoms with Crippen molar-refractivity contribution in [3.05, 3.63) is 11.7 Å². The van der Waals surface area contributed by atoms with Crippen LogP contribution in [0.2, 0.25) is 0 Å². The van der Waals surface area contributed by atoms with Gasteiger partial charge in [0.2, 0.25) is 11.8 Å². The molecule has 0 spiro atoms. The minimum atomic E-state index is -0.0113. The normalized spacial score (nSPS) is 11.0. The monoisotopic (exact) mass is 284 g/mol. The number of methoxy groups -OCH3 is 1. The predicted molar refractivity (Wildman–Crippen MR) is 74.5 cm³/mol. The summed E-state index contributed by atoms with van der Waals surface area (Å²) in [5.41, 5.74) is 0. The Balaban J connectivity index is 2.10. The number of hydrogen-bond donors (Lipinski definition) is 2. The number of aromatic nitrogens is 2. The molecule has 1 heterocycles. The van der Waals surface area contributed by atoms with E-state index in [1.807, 2.05) is 13.8 Å². The van der Waals surface area contributed by atoms with Crippen molar-refractivity contribution in [2.24, 2.45) is 0 Å². The van der Waals surface area contributed by atoms with Gasteiger partial charge in [0, 0.05) is 45.5 Å². The van der Waals surface area contributed by atoms with E-state index in [0.717, 1.165) is 13.1 Å². The van der Waals surface area contributed by atoms with Crippen LogP contribution >= 0.6 is 0 Å². The number of nitrogens with one attached hydrogen (secondary N) is 2. The fourth-order valence-electron chi connectivity index (χ4n) is 1.50. The first-order chi connectivity index (χ1) is 9.63. The number of carbonyl (C=O) groups is 1. The molecule has 1 amide bonds. The second-order valence-electron chi connectivity index (χ2n) is 4.79. The number of ether oxygens (including phenoxy) is 1. The Morgan fingerprint density at radius 1 is 1.35 bits per heavy atom. The molecule has 20 heavy (non-hydrogen) atoms. The first-order valence-electron chi connectivity index (χ1n) is 6.92. The molecular formula is C13H24N4O3. The van der Waals surface area contributed by atoms with Gasteiger partial charge < -0.3 is 19.9 Å². The summed E-state index contributed by atoms with van der Waals surface area (Å²) in [6, 6.07) is 0. The molecule has 0 saturated carbocycles. The van der Waals surface area contributed by atoms with Crippen LogP contribution in [-0.4, -0.2) is 49.4 Å². The van der Waals surface area contributed by atoms with Crippen molar-refractivity contribution >= 4 is 5.91 Å². The van der Waals surface area contributed by atoms with Gasteiger partial charge in [0.15, 0.2) is 5.82 Å². The standard InChI is InChI=1S/C13H24N4O3/c1-10(2)13-16-12(20-17-13)5-4-11(18)15-7-6-14-8-9-19-3/h10,14H,4-9H2,1-3H3,(H,15,18). The lowest BCUT2D eigenvalue weighted by Crippen LogP contribution is -2.33. The highest BCUT2D eigenvalue weighted by atomic mass is 16.5. The Bertz CT molecular complexity index is 393. The minimum Gasteiger partial charge on any atom is -0.383 e. The van der Waals surface area contributed by atoms with Crippen LogP contribution in [0.4, 0.5) is 0 Å². The Kier molecular flexibility index (Phi) is 7.82. The van der Waals surface area contributed by atoms with Crippen LogP contribution in [0.25, 0.3) is 0 Å². The van der Waals surface area contributed by atoms with Gasteiger partial charge in [0.25, 0.3) is 0 Å². The van der Waals surface area contributed by atoms with Crippen LogP contribution in [0.3, 0.4) is 0 Å². The van der Waals surface area contributed by atoms with E-state index >= 15 is 0 Å². The lowest BCUT2D eigenvalue weighted by molar-refractivity contribution is -0.121. The van der Waals surface area contributed by atoms with E-state index < -0.39 is 0 Å². The Labute approximate surface area is 119 Å². The van der Waals surface area contributed by atoms with Crippen LogP contribution in [0.15, 0.2) is 4.52 Å². The molecule has 0 aromatic carbocycles. The molecule has 0 fully saturated rings. The number of aryl methyl sites for hydroxylation is 1. The molecular weight excluding hydrogens is 260 g/mol. The fraction of sp³-hybridized carbons (Fsp3) is 0.769. The summed E-state index contributed by atoms with van der Waals surface area (Å²) in [6.45, 7) is 6.78. The van der Waals surface area contributed by atoms with Crippen molar-refractivity contribution in [2.45, 2.75) is 32.6 Å². The summed E-state index contributed by atoms with van der Waals surface area (Å²) in [7, 11) is 1.66. The van der Waals surface area contributed by atoms with Gasteiger partial charge in [-0.3, -0.25) is 4.79 Å². The van der Waals surface area contributed by atoms with Crippen molar-refractivity contribution in [1.29, 1.82) is 0 Å². The third-order valence-corrected chi connectivity index (χ3v) is 2.67. The number of amides is 1. The first kappa shape index (κ1) is 16.6. The van der Waals surface area contributed by atoms with Gasteiger partial charge in [0.05, 0.1) is 6.61 Å². The van der Waals surface area contributed by atoms with Gasteiger partial charge in [-0.15, -0.1) is 0 Å². The molecule has 1 aromatic heterocycles. The van der Waals surface area contributed by atoms with E-state index in [-0.39, 0.29) is 11.8 Å². The lowest BCUT2D eigenvalue weighted by atomic mass is 10.2. The summed E-state index contributed by atoms with van der Waals surface area (Å²) >= 11 is 0. The zero-order valence-electron chi connectivity index (χ0n) is 12.4. The molecule has 0 saturated heterocycles. The summed E-state index contributed by atoms with van der Waals surface area (Å²) in [5, 5.41) is 9.84. The van der Waals surface area contributed by atoms with E-state index in [1.54, 1.807) is 7.11 Å². The summed E-state index contributed by atoms with van der Waals surface area (Å²) in [4.78, 5) is 15.8. The maximum atomic E-state index is 11.6. The number of carbonyl (C=O) groups excluding carboxylic acids is 1. The number of nitrogens with zero attached hydrogens (tertiary/aromatic N) is 2. The van der Waals surface area contributed by atoms with E-state index in [2.05, 4.69) is 20.8 Å². The maximum absolute atomic E-state index is 11.6. The van der Waals surface area contributed by atoms with Gasteiger partial charge in [0.1, 0.15) is 0 Å². The minimum absolute atomic E-state index is 0.0113. The first-order valence-corrected chi connectivity index (χ1v) is 6.92. The summed E-state index contributed by atoms with van der Waals surface area (Å²) in [5.74, 6) is 1.42. The molecule has 0 aliphatic rings. The van der Waals surface area contributed by atoms with Gasteiger partial charge >= 0.3 is 0 Å². The van der Waals surface area contributed by atoms with E-state index in [0.29, 0.717) is 37.7 Å². The summed E-state index contributed by atoms with van der Waals surface area (Å²) < 4.78 is 9.98. The third kappa shape index (κ3) is 6.63. The number of rotatable bonds is 10.